The molecule has 0 spiro atoms. The molecule has 1 aromatic carbocycles. The highest BCUT2D eigenvalue weighted by Crippen LogP contribution is 2.21. The molecule has 0 fully saturated rings. The fourth-order valence-electron chi connectivity index (χ4n) is 2.35. The first kappa shape index (κ1) is 16.6. The van der Waals surface area contributed by atoms with Crippen LogP contribution in [0.1, 0.15) is 32.1 Å². The number of ether oxygens (including phenoxy) is 3. The highest BCUT2D eigenvalue weighted by molar-refractivity contribution is 6.02. The number of Topliss-reactive ketones (excluding diaryl/α,β-unsaturated/α-hetero) is 1. The third kappa shape index (κ3) is 3.53. The van der Waals surface area contributed by atoms with Crippen molar-refractivity contribution in [1.29, 1.82) is 0 Å². The maximum atomic E-state index is 12.3. The molecule has 0 atom stereocenters. The number of carbonyl (C=O) groups is 2. The first-order valence-electron chi connectivity index (χ1n) is 7.05. The smallest absolute Gasteiger partial charge is 0.339 e. The number of esters is 1. The molecule has 0 saturated heterocycles. The van der Waals surface area contributed by atoms with Crippen LogP contribution in [-0.2, 0) is 4.74 Å². The number of aromatic nitrogens is 1. The molecule has 122 valence electrons. The second-order valence-corrected chi connectivity index (χ2v) is 5.01. The van der Waals surface area contributed by atoms with Crippen molar-refractivity contribution in [3.8, 4) is 11.5 Å². The SMILES string of the molecule is COC(=O)c1c(C)[nH]c(C(=O)COc2cccc(OC)c2)c1C. The molecule has 1 N–H and O–H groups in total. The third-order valence-electron chi connectivity index (χ3n) is 3.52. The van der Waals surface area contributed by atoms with Gasteiger partial charge in [-0.3, -0.25) is 4.79 Å². The Kier molecular flexibility index (Phi) is 5.05. The Morgan fingerprint density at radius 3 is 2.48 bits per heavy atom. The number of carbonyl (C=O) groups excluding carboxylic acids is 2. The van der Waals surface area contributed by atoms with E-state index in [2.05, 4.69) is 4.98 Å². The molecule has 6 nitrogen and oxygen atoms in total. The van der Waals surface area contributed by atoms with Crippen molar-refractivity contribution in [2.75, 3.05) is 20.8 Å². The van der Waals surface area contributed by atoms with Gasteiger partial charge in [0.25, 0.3) is 0 Å². The lowest BCUT2D eigenvalue weighted by atomic mass is 10.1. The number of rotatable bonds is 6. The minimum absolute atomic E-state index is 0.144. The summed E-state index contributed by atoms with van der Waals surface area (Å²) in [5.41, 5.74) is 1.90. The van der Waals surface area contributed by atoms with E-state index >= 15 is 0 Å². The van der Waals surface area contributed by atoms with Crippen molar-refractivity contribution in [2.24, 2.45) is 0 Å². The molecule has 23 heavy (non-hydrogen) atoms. The van der Waals surface area contributed by atoms with Gasteiger partial charge in [0, 0.05) is 11.8 Å². The molecule has 0 aliphatic heterocycles. The summed E-state index contributed by atoms with van der Waals surface area (Å²) < 4.78 is 15.3. The molecule has 1 heterocycles. The van der Waals surface area contributed by atoms with E-state index in [-0.39, 0.29) is 12.4 Å². The Labute approximate surface area is 134 Å². The summed E-state index contributed by atoms with van der Waals surface area (Å²) in [5.74, 6) is 0.467. The van der Waals surface area contributed by atoms with Crippen LogP contribution < -0.4 is 9.47 Å². The largest absolute Gasteiger partial charge is 0.497 e. The van der Waals surface area contributed by atoms with Crippen molar-refractivity contribution in [3.05, 3.63) is 46.8 Å². The van der Waals surface area contributed by atoms with Gasteiger partial charge in [-0.25, -0.2) is 4.79 Å². The Balaban J connectivity index is 2.13. The molecule has 2 rings (SSSR count). The molecule has 0 unspecified atom stereocenters. The minimum Gasteiger partial charge on any atom is -0.497 e. The average molecular weight is 317 g/mol. The van der Waals surface area contributed by atoms with Gasteiger partial charge in [0.15, 0.2) is 6.61 Å². The number of nitrogens with one attached hydrogen (secondary N) is 1. The Morgan fingerprint density at radius 1 is 1.13 bits per heavy atom. The van der Waals surface area contributed by atoms with Crippen LogP contribution in [0.4, 0.5) is 0 Å². The van der Waals surface area contributed by atoms with Crippen molar-refractivity contribution in [3.63, 3.8) is 0 Å². The van der Waals surface area contributed by atoms with E-state index in [9.17, 15) is 9.59 Å². The summed E-state index contributed by atoms with van der Waals surface area (Å²) in [5, 5.41) is 0. The Hall–Kier alpha value is -2.76. The molecule has 2 aromatic rings. The summed E-state index contributed by atoms with van der Waals surface area (Å²) in [6.45, 7) is 3.28. The maximum Gasteiger partial charge on any atom is 0.339 e. The molecule has 0 saturated carbocycles. The zero-order valence-corrected chi connectivity index (χ0v) is 13.6. The summed E-state index contributed by atoms with van der Waals surface area (Å²) in [6.07, 6.45) is 0. The minimum atomic E-state index is -0.469. The predicted octanol–water partition coefficient (Wildman–Crippen LogP) is 2.69. The van der Waals surface area contributed by atoms with E-state index in [1.807, 2.05) is 0 Å². The van der Waals surface area contributed by atoms with Gasteiger partial charge in [0.1, 0.15) is 11.5 Å². The second-order valence-electron chi connectivity index (χ2n) is 5.01. The average Bonchev–Trinajstić information content (AvgIpc) is 2.86. The van der Waals surface area contributed by atoms with Gasteiger partial charge in [0.05, 0.1) is 25.5 Å². The normalized spacial score (nSPS) is 10.3. The molecule has 0 radical (unpaired) electrons. The number of aryl methyl sites for hydroxylation is 1. The quantitative estimate of drug-likeness (QED) is 0.654. The highest BCUT2D eigenvalue weighted by Gasteiger charge is 2.22. The summed E-state index contributed by atoms with van der Waals surface area (Å²) in [7, 11) is 2.87. The third-order valence-corrected chi connectivity index (χ3v) is 3.52. The van der Waals surface area contributed by atoms with E-state index in [0.29, 0.717) is 34.0 Å². The van der Waals surface area contributed by atoms with Gasteiger partial charge in [-0.05, 0) is 31.5 Å². The van der Waals surface area contributed by atoms with Crippen LogP contribution in [0.3, 0.4) is 0 Å². The van der Waals surface area contributed by atoms with Crippen LogP contribution in [0.5, 0.6) is 11.5 Å². The predicted molar refractivity (Wildman–Crippen MR) is 84.4 cm³/mol. The van der Waals surface area contributed by atoms with Crippen molar-refractivity contribution >= 4 is 11.8 Å². The van der Waals surface area contributed by atoms with Crippen LogP contribution >= 0.6 is 0 Å². The number of aromatic amines is 1. The van der Waals surface area contributed by atoms with Gasteiger partial charge in [-0.1, -0.05) is 6.07 Å². The summed E-state index contributed by atoms with van der Waals surface area (Å²) >= 11 is 0. The van der Waals surface area contributed by atoms with Gasteiger partial charge in [0.2, 0.25) is 5.78 Å². The number of hydrogen-bond acceptors (Lipinski definition) is 5. The number of hydrogen-bond donors (Lipinski definition) is 1. The standard InChI is InChI=1S/C17H19NO5/c1-10-15(17(20)22-4)11(2)18-16(10)14(19)9-23-13-7-5-6-12(8-13)21-3/h5-8,18H,9H2,1-4H3. The van der Waals surface area contributed by atoms with Crippen LogP contribution in [0, 0.1) is 13.8 Å². The van der Waals surface area contributed by atoms with E-state index < -0.39 is 5.97 Å². The first-order chi connectivity index (χ1) is 11.0. The van der Waals surface area contributed by atoms with Gasteiger partial charge in [-0.15, -0.1) is 0 Å². The Morgan fingerprint density at radius 2 is 1.83 bits per heavy atom. The summed E-state index contributed by atoms with van der Waals surface area (Å²) in [4.78, 5) is 27.0. The number of ketones is 1. The molecule has 0 bridgehead atoms. The molecular weight excluding hydrogens is 298 g/mol. The second kappa shape index (κ2) is 7.00. The van der Waals surface area contributed by atoms with E-state index in [4.69, 9.17) is 14.2 Å². The summed E-state index contributed by atoms with van der Waals surface area (Å²) in [6, 6.07) is 7.00. The monoisotopic (exact) mass is 317 g/mol. The van der Waals surface area contributed by atoms with E-state index in [0.717, 1.165) is 0 Å². The number of H-pyrrole nitrogens is 1. The Bertz CT molecular complexity index is 733. The van der Waals surface area contributed by atoms with E-state index in [1.165, 1.54) is 7.11 Å². The van der Waals surface area contributed by atoms with Gasteiger partial charge in [-0.2, -0.15) is 0 Å². The lowest BCUT2D eigenvalue weighted by Gasteiger charge is -2.07. The van der Waals surface area contributed by atoms with Crippen molar-refractivity contribution < 1.29 is 23.8 Å². The molecule has 0 amide bonds. The van der Waals surface area contributed by atoms with Crippen LogP contribution in [0.25, 0.3) is 0 Å². The molecule has 0 aliphatic carbocycles. The topological polar surface area (TPSA) is 77.6 Å². The van der Waals surface area contributed by atoms with Crippen LogP contribution in [0.15, 0.2) is 24.3 Å². The van der Waals surface area contributed by atoms with E-state index in [1.54, 1.807) is 45.2 Å². The number of benzene rings is 1. The molecular formula is C17H19NO5. The fraction of sp³-hybridized carbons (Fsp3) is 0.294. The number of methoxy groups -OCH3 is 2. The van der Waals surface area contributed by atoms with Crippen molar-refractivity contribution in [2.45, 2.75) is 13.8 Å². The lowest BCUT2D eigenvalue weighted by molar-refractivity contribution is 0.0599. The first-order valence-corrected chi connectivity index (χ1v) is 7.05. The van der Waals surface area contributed by atoms with Crippen LogP contribution in [-0.4, -0.2) is 37.6 Å². The maximum absolute atomic E-state index is 12.3. The lowest BCUT2D eigenvalue weighted by Crippen LogP contribution is -2.13. The fourth-order valence-corrected chi connectivity index (χ4v) is 2.35. The molecule has 6 heteroatoms. The molecule has 1 aromatic heterocycles. The zero-order chi connectivity index (χ0) is 17.0. The van der Waals surface area contributed by atoms with Crippen molar-refractivity contribution in [1.82, 2.24) is 4.98 Å². The van der Waals surface area contributed by atoms with Crippen LogP contribution in [0.2, 0.25) is 0 Å². The van der Waals surface area contributed by atoms with Gasteiger partial charge < -0.3 is 19.2 Å². The van der Waals surface area contributed by atoms with Gasteiger partial charge >= 0.3 is 5.97 Å². The zero-order valence-electron chi connectivity index (χ0n) is 13.6. The molecule has 0 aliphatic rings. The highest BCUT2D eigenvalue weighted by atomic mass is 16.5.